The van der Waals surface area contributed by atoms with Crippen molar-refractivity contribution in [3.05, 3.63) is 11.6 Å². The molecule has 0 aromatic heterocycles. The molecule has 0 amide bonds. The molecular weight excluding hydrogens is 1750 g/mol. The summed E-state index contributed by atoms with van der Waals surface area (Å²) in [5.74, 6) is -15.7. The van der Waals surface area contributed by atoms with Gasteiger partial charge in [-0.05, 0) is 104 Å². The van der Waals surface area contributed by atoms with Crippen molar-refractivity contribution >= 4 is 95.5 Å². The first kappa shape index (κ1) is 105. The quantitative estimate of drug-likeness (QED) is 0.0378. The summed E-state index contributed by atoms with van der Waals surface area (Å²) in [4.78, 5) is 212. The second-order valence-electron chi connectivity index (χ2n) is 37.8. The van der Waals surface area contributed by atoms with Crippen LogP contribution in [0.15, 0.2) is 11.6 Å². The molecule has 9 fully saturated rings. The molecule has 5 aliphatic heterocycles. The van der Waals surface area contributed by atoms with Gasteiger partial charge < -0.3 is 123 Å². The Bertz CT molecular complexity index is 4330. The topological polar surface area (TPSA) is 513 Å². The number of ether oxygens (including phenoxy) is 26. The normalized spacial score (nSPS) is 39.5. The summed E-state index contributed by atoms with van der Waals surface area (Å²) < 4.78 is 161. The molecule has 34 atom stereocenters. The van der Waals surface area contributed by atoms with Crippen molar-refractivity contribution in [2.24, 2.45) is 50.2 Å². The van der Waals surface area contributed by atoms with Crippen LogP contribution in [0.2, 0.25) is 0 Å². The van der Waals surface area contributed by atoms with Gasteiger partial charge in [0.15, 0.2) is 129 Å². The van der Waals surface area contributed by atoms with Crippen molar-refractivity contribution in [3.8, 4) is 0 Å². The zero-order valence-electron chi connectivity index (χ0n) is 79.2. The first-order chi connectivity index (χ1) is 61.6. The van der Waals surface area contributed by atoms with Gasteiger partial charge in [0.1, 0.15) is 25.4 Å². The number of hydrogen-bond donors (Lipinski definition) is 0. The molecule has 42 heteroatoms. The van der Waals surface area contributed by atoms with E-state index >= 15 is 0 Å². The number of carbonyl (C=O) groups excluding carboxylic acids is 16. The van der Waals surface area contributed by atoms with Crippen LogP contribution in [-0.4, -0.2) is 289 Å². The Labute approximate surface area is 764 Å². The van der Waals surface area contributed by atoms with Crippen LogP contribution in [0.1, 0.15) is 217 Å². The predicted octanol–water partition coefficient (Wildman–Crippen LogP) is 5.64. The highest BCUT2D eigenvalue weighted by Gasteiger charge is 2.72. The van der Waals surface area contributed by atoms with Gasteiger partial charge in [0.05, 0.1) is 38.6 Å². The van der Waals surface area contributed by atoms with E-state index in [2.05, 4.69) is 47.6 Å². The monoisotopic (exact) mass is 1880 g/mol. The molecule has 0 bridgehead atoms. The Kier molecular flexibility index (Phi) is 33.7. The second-order valence-corrected chi connectivity index (χ2v) is 37.8. The molecule has 0 N–H and O–H groups in total. The minimum absolute atomic E-state index is 0.127. The first-order valence-electron chi connectivity index (χ1n) is 44.3. The molecule has 5 saturated heterocycles. The van der Waals surface area contributed by atoms with Gasteiger partial charge in [0, 0.05) is 115 Å². The standard InChI is InChI=1S/C90H128O42/c1-39-64(114-44(6)95)68(118-48(10)99)75(123-53(15)104)81(112-39)131-77-70(120-50(12)101)66(116-46(8)97)59(36-109-41(3)92)126-83(77)132-78-72(122-52(14)103)71(121-51(13)102)73(79(106)107-24)129-84(78)127-62-28-29-87(20)60(88(62,21)38-111-42(4)93)27-30-90(23)61(87)26-25-55-56-33-85(17,18)34-63(86(56,19)31-32-89(55,90)22)128-80-74(67(117-47(9)98)57(37-110-80)113-43(5)94)130-82-76(124-54(16)105)69(119-49(11)100)65(115-45(7)96)58(125-82)35-108-40(2)91/h25,39,56-78,80-84H,26-38H2,1-24H3/t39-,56-,57+,58+,59+,60?,61+,62-,63+,64-,65+,66-,67-,68+,69-,70-,71-,72-,73-,74+,75+,76+,77+,78+,80-,81-,82-,83-,84+,86+,87-,88+,89+,90+/m0/s1. The number of esters is 16. The molecule has 132 heavy (non-hydrogen) atoms. The lowest BCUT2D eigenvalue weighted by molar-refractivity contribution is -0.396. The van der Waals surface area contributed by atoms with E-state index < -0.39 is 313 Å². The van der Waals surface area contributed by atoms with Crippen molar-refractivity contribution in [1.82, 2.24) is 0 Å². The molecule has 0 spiro atoms. The summed E-state index contributed by atoms with van der Waals surface area (Å²) in [5, 5.41) is 0. The minimum atomic E-state index is -2.22. The molecule has 5 heterocycles. The Morgan fingerprint density at radius 1 is 0.356 bits per heavy atom. The average molecular weight is 1880 g/mol. The van der Waals surface area contributed by atoms with Gasteiger partial charge >= 0.3 is 95.5 Å². The van der Waals surface area contributed by atoms with Crippen molar-refractivity contribution < 1.29 is 200 Å². The van der Waals surface area contributed by atoms with Crippen LogP contribution in [0.5, 0.6) is 0 Å². The van der Waals surface area contributed by atoms with E-state index in [1.807, 2.05) is 6.92 Å². The lowest BCUT2D eigenvalue weighted by atomic mass is 9.33. The van der Waals surface area contributed by atoms with Gasteiger partial charge in [0.2, 0.25) is 0 Å². The zero-order valence-corrected chi connectivity index (χ0v) is 79.2. The highest BCUT2D eigenvalue weighted by molar-refractivity contribution is 5.77. The summed E-state index contributed by atoms with van der Waals surface area (Å²) in [6.45, 7) is 30.3. The van der Waals surface area contributed by atoms with Crippen LogP contribution in [-0.2, 0) is 200 Å². The summed E-state index contributed by atoms with van der Waals surface area (Å²) >= 11 is 0. The van der Waals surface area contributed by atoms with Gasteiger partial charge in [-0.15, -0.1) is 0 Å². The number of rotatable bonds is 29. The maximum atomic E-state index is 14.5. The van der Waals surface area contributed by atoms with Crippen LogP contribution < -0.4 is 0 Å². The number of methoxy groups -OCH3 is 1. The van der Waals surface area contributed by atoms with Crippen molar-refractivity contribution in [2.45, 2.75) is 377 Å². The summed E-state index contributed by atoms with van der Waals surface area (Å²) in [7, 11) is 1.01. The number of fused-ring (bicyclic) bond motifs is 7. The lowest BCUT2D eigenvalue weighted by Gasteiger charge is -2.72. The van der Waals surface area contributed by atoms with Crippen LogP contribution in [0.25, 0.3) is 0 Å². The fourth-order valence-corrected chi connectivity index (χ4v) is 22.3. The molecule has 0 radical (unpaired) electrons. The Morgan fingerprint density at radius 3 is 1.22 bits per heavy atom. The van der Waals surface area contributed by atoms with E-state index in [0.717, 1.165) is 104 Å². The van der Waals surface area contributed by atoms with Crippen LogP contribution in [0, 0.1) is 50.2 Å². The van der Waals surface area contributed by atoms with E-state index in [9.17, 15) is 76.7 Å². The zero-order chi connectivity index (χ0) is 97.8. The van der Waals surface area contributed by atoms with Gasteiger partial charge in [-0.3, -0.25) is 71.9 Å². The van der Waals surface area contributed by atoms with Gasteiger partial charge in [-0.1, -0.05) is 60.1 Å². The van der Waals surface area contributed by atoms with Crippen molar-refractivity contribution in [3.63, 3.8) is 0 Å². The molecular formula is C90H128O42. The molecule has 0 aromatic rings. The van der Waals surface area contributed by atoms with E-state index in [0.29, 0.717) is 51.4 Å². The van der Waals surface area contributed by atoms with E-state index in [1.165, 1.54) is 19.4 Å². The Balaban J connectivity index is 1.04. The molecule has 42 nitrogen and oxygen atoms in total. The van der Waals surface area contributed by atoms with Gasteiger partial charge in [-0.2, -0.15) is 0 Å². The third kappa shape index (κ3) is 23.3. The van der Waals surface area contributed by atoms with E-state index in [4.69, 9.17) is 123 Å². The smallest absolute Gasteiger partial charge is 0.339 e. The minimum Gasteiger partial charge on any atom is -0.467 e. The van der Waals surface area contributed by atoms with Crippen LogP contribution in [0.3, 0.4) is 0 Å². The molecule has 740 valence electrons. The average Bonchev–Trinajstić information content (AvgIpc) is 0.672. The third-order valence-electron chi connectivity index (χ3n) is 27.6. The molecule has 4 saturated carbocycles. The SMILES string of the molecule is COC(=O)[C@H]1O[C@@H](O[C@H]2CC[C@@]3(C)C(CC[C@]4(C)[C@@H]3CC=C3[C@@H]5CC(C)(C)C[C@@H](O[C@@H]6OC[C@@H](OC(C)=O)[C@H](OC(C)=O)[C@H]6O[C@@H]6O[C@H](COC(C)=O)[C@@H](OC(C)=O)[C@H](OC(C)=O)[C@H]6OC(C)=O)[C@]5(C)CC[C@]34C)[C@@]2(C)COC(C)=O)[C@H](O[C@@H]2O[C@H](COC(C)=O)[C@H](OC(C)=O)[C@H](OC(C)=O)[C@H]2O[C@@H]2O[C@@H](C)[C@H](OC(C)=O)[C@@H](OC(C)=O)[C@H]2OC(C)=O)[C@@H](OC(C)=O)[C@@H]1OC(C)=O. The Morgan fingerprint density at radius 2 is 0.750 bits per heavy atom. The molecule has 1 unspecified atom stereocenters. The number of allylic oxidation sites excluding steroid dienone is 2. The summed E-state index contributed by atoms with van der Waals surface area (Å²) in [5.41, 5.74) is -2.99. The van der Waals surface area contributed by atoms with E-state index in [1.54, 1.807) is 0 Å². The highest BCUT2D eigenvalue weighted by atomic mass is 16.8. The molecule has 5 aliphatic carbocycles. The largest absolute Gasteiger partial charge is 0.467 e. The van der Waals surface area contributed by atoms with Gasteiger partial charge in [-0.25, -0.2) is 4.79 Å². The third-order valence-corrected chi connectivity index (χ3v) is 27.6. The first-order valence-corrected chi connectivity index (χ1v) is 44.3. The number of carbonyl (C=O) groups is 16. The highest BCUT2D eigenvalue weighted by Crippen LogP contribution is 2.76. The molecule has 10 rings (SSSR count). The predicted molar refractivity (Wildman–Crippen MR) is 437 cm³/mol. The summed E-state index contributed by atoms with van der Waals surface area (Å²) in [6, 6.07) is 0. The fourth-order valence-electron chi connectivity index (χ4n) is 22.3. The maximum absolute atomic E-state index is 14.5. The molecule has 0 aromatic carbocycles. The van der Waals surface area contributed by atoms with Gasteiger partial charge in [0.25, 0.3) is 0 Å². The Hall–Kier alpha value is -9.14. The fraction of sp³-hybridized carbons (Fsp3) is 0.800. The maximum Gasteiger partial charge on any atom is 0.339 e. The molecule has 10 aliphatic rings. The van der Waals surface area contributed by atoms with E-state index in [-0.39, 0.29) is 24.9 Å². The van der Waals surface area contributed by atoms with Crippen molar-refractivity contribution in [2.75, 3.05) is 33.5 Å². The second kappa shape index (κ2) is 42.4. The van der Waals surface area contributed by atoms with Crippen LogP contribution in [0.4, 0.5) is 0 Å². The van der Waals surface area contributed by atoms with Crippen LogP contribution >= 0.6 is 0 Å². The number of hydrogen-bond acceptors (Lipinski definition) is 42. The summed E-state index contributed by atoms with van der Waals surface area (Å²) in [6.07, 6.45) is -38.1. The van der Waals surface area contributed by atoms with Crippen molar-refractivity contribution in [1.29, 1.82) is 0 Å². The lowest BCUT2D eigenvalue weighted by Crippen LogP contribution is -2.70.